The van der Waals surface area contributed by atoms with Crippen LogP contribution in [0.5, 0.6) is 5.75 Å². The molecule has 0 unspecified atom stereocenters. The number of amides is 5. The standard InChI is InChI=1S/C35H43N7O6/c1-21(2)26-20-29(42(4)41-26)33(46)39-27-19-24-10-12-25(13-11-24)48-17-16-36-34(47)35(14-15-35)40-32(45)28(18-23-8-6-5-7-9-23)38-30(43)22(3)37-31(27)44/h5-13,20-22,27-28H,14-19H2,1-4H3,(H,36,47)(H,37,44)(H,38,43)(H,39,46)(H,40,45)/t22-,27-,28+/m0/s1. The van der Waals surface area contributed by atoms with Crippen molar-refractivity contribution < 1.29 is 28.7 Å². The minimum absolute atomic E-state index is 0.102. The number of fused-ring (bicyclic) bond motifs is 15. The molecule has 0 saturated heterocycles. The number of aromatic nitrogens is 2. The van der Waals surface area contributed by atoms with Gasteiger partial charge in [-0.2, -0.15) is 5.10 Å². The monoisotopic (exact) mass is 657 g/mol. The summed E-state index contributed by atoms with van der Waals surface area (Å²) in [6.07, 6.45) is 1.23. The molecule has 1 aliphatic carbocycles. The van der Waals surface area contributed by atoms with Crippen molar-refractivity contribution in [2.45, 2.75) is 76.0 Å². The molecule has 0 radical (unpaired) electrons. The van der Waals surface area contributed by atoms with Gasteiger partial charge < -0.3 is 31.3 Å². The van der Waals surface area contributed by atoms with E-state index >= 15 is 0 Å². The maximum Gasteiger partial charge on any atom is 0.270 e. The molecule has 2 aliphatic heterocycles. The smallest absolute Gasteiger partial charge is 0.270 e. The fraction of sp³-hybridized carbons (Fsp3) is 0.429. The van der Waals surface area contributed by atoms with Crippen molar-refractivity contribution in [3.8, 4) is 5.75 Å². The fourth-order valence-corrected chi connectivity index (χ4v) is 5.48. The van der Waals surface area contributed by atoms with E-state index < -0.39 is 47.3 Å². The second-order valence-corrected chi connectivity index (χ2v) is 12.8. The quantitative estimate of drug-likeness (QED) is 0.257. The minimum Gasteiger partial charge on any atom is -0.492 e. The first-order chi connectivity index (χ1) is 22.9. The summed E-state index contributed by atoms with van der Waals surface area (Å²) in [5.74, 6) is -1.82. The van der Waals surface area contributed by atoms with Crippen molar-refractivity contribution in [3.63, 3.8) is 0 Å². The van der Waals surface area contributed by atoms with Gasteiger partial charge in [0.15, 0.2) is 0 Å². The van der Waals surface area contributed by atoms with Crippen LogP contribution in [-0.2, 0) is 39.1 Å². The number of ether oxygens (including phenoxy) is 1. The zero-order valence-corrected chi connectivity index (χ0v) is 27.7. The van der Waals surface area contributed by atoms with E-state index in [2.05, 4.69) is 31.7 Å². The molecule has 48 heavy (non-hydrogen) atoms. The highest BCUT2D eigenvalue weighted by molar-refractivity contribution is 5.99. The summed E-state index contributed by atoms with van der Waals surface area (Å²) in [5, 5.41) is 18.4. The van der Waals surface area contributed by atoms with Gasteiger partial charge in [0.2, 0.25) is 23.6 Å². The highest BCUT2D eigenvalue weighted by Gasteiger charge is 2.51. The van der Waals surface area contributed by atoms with Gasteiger partial charge in [0.25, 0.3) is 5.91 Å². The van der Waals surface area contributed by atoms with Gasteiger partial charge in [0.05, 0.1) is 12.2 Å². The van der Waals surface area contributed by atoms with E-state index in [1.165, 1.54) is 11.6 Å². The molecule has 3 aliphatic rings. The van der Waals surface area contributed by atoms with Crippen LogP contribution in [0.1, 0.15) is 66.8 Å². The van der Waals surface area contributed by atoms with Crippen LogP contribution in [0.15, 0.2) is 60.7 Å². The van der Waals surface area contributed by atoms with Crippen molar-refractivity contribution in [1.29, 1.82) is 0 Å². The molecule has 3 atom stereocenters. The molecular weight excluding hydrogens is 614 g/mol. The Balaban J connectivity index is 1.40. The van der Waals surface area contributed by atoms with Gasteiger partial charge in [-0.3, -0.25) is 28.7 Å². The van der Waals surface area contributed by atoms with Crippen LogP contribution in [0.3, 0.4) is 0 Å². The second kappa shape index (κ2) is 14.7. The summed E-state index contributed by atoms with van der Waals surface area (Å²) in [6.45, 7) is 5.87. The van der Waals surface area contributed by atoms with E-state index in [1.54, 1.807) is 37.4 Å². The lowest BCUT2D eigenvalue weighted by molar-refractivity contribution is -0.134. The molecule has 2 bridgehead atoms. The van der Waals surface area contributed by atoms with Crippen LogP contribution in [0.25, 0.3) is 0 Å². The Morgan fingerprint density at radius 2 is 1.71 bits per heavy atom. The van der Waals surface area contributed by atoms with E-state index in [0.717, 1.165) is 16.8 Å². The Morgan fingerprint density at radius 1 is 1.00 bits per heavy atom. The summed E-state index contributed by atoms with van der Waals surface area (Å²) in [6, 6.07) is 14.8. The summed E-state index contributed by atoms with van der Waals surface area (Å²) in [7, 11) is 1.67. The Labute approximate surface area is 279 Å². The molecule has 1 spiro atoms. The molecule has 6 rings (SSSR count). The van der Waals surface area contributed by atoms with Crippen molar-refractivity contribution in [3.05, 3.63) is 83.2 Å². The molecule has 1 fully saturated rings. The number of carbonyl (C=O) groups is 5. The zero-order chi connectivity index (χ0) is 34.4. The van der Waals surface area contributed by atoms with Gasteiger partial charge in [-0.1, -0.05) is 56.3 Å². The number of hydrogen-bond donors (Lipinski definition) is 5. The van der Waals surface area contributed by atoms with Crippen LogP contribution in [0, 0.1) is 0 Å². The zero-order valence-electron chi connectivity index (χ0n) is 27.7. The number of nitrogens with one attached hydrogen (secondary N) is 5. The predicted molar refractivity (Wildman–Crippen MR) is 177 cm³/mol. The van der Waals surface area contributed by atoms with Crippen LogP contribution >= 0.6 is 0 Å². The molecule has 13 nitrogen and oxygen atoms in total. The summed E-state index contributed by atoms with van der Waals surface area (Å²) >= 11 is 0. The van der Waals surface area contributed by atoms with Crippen LogP contribution < -0.4 is 31.3 Å². The third-order valence-electron chi connectivity index (χ3n) is 8.58. The maximum absolute atomic E-state index is 13.7. The maximum atomic E-state index is 13.7. The van der Waals surface area contributed by atoms with E-state index in [0.29, 0.717) is 24.3 Å². The van der Waals surface area contributed by atoms with E-state index in [9.17, 15) is 24.0 Å². The number of nitrogens with zero attached hydrogens (tertiary/aromatic N) is 2. The van der Waals surface area contributed by atoms with E-state index in [-0.39, 0.29) is 37.8 Å². The van der Waals surface area contributed by atoms with Crippen LogP contribution in [-0.4, -0.2) is 76.1 Å². The summed E-state index contributed by atoms with van der Waals surface area (Å²) in [5.41, 5.74) is 1.52. The van der Waals surface area contributed by atoms with Gasteiger partial charge in [0, 0.05) is 19.9 Å². The Hall–Kier alpha value is -5.20. The first-order valence-corrected chi connectivity index (χ1v) is 16.3. The average molecular weight is 658 g/mol. The molecular formula is C35H43N7O6. The number of benzene rings is 2. The lowest BCUT2D eigenvalue weighted by Crippen LogP contribution is -2.59. The molecule has 5 N–H and O–H groups in total. The second-order valence-electron chi connectivity index (χ2n) is 12.8. The summed E-state index contributed by atoms with van der Waals surface area (Å²) < 4.78 is 7.28. The molecule has 13 heteroatoms. The van der Waals surface area contributed by atoms with Gasteiger partial charge in [0.1, 0.15) is 41.7 Å². The van der Waals surface area contributed by atoms with Crippen LogP contribution in [0.4, 0.5) is 0 Å². The number of rotatable bonds is 5. The topological polar surface area (TPSA) is 173 Å². The Bertz CT molecular complexity index is 1650. The molecule has 5 amide bonds. The normalized spacial score (nSPS) is 21.8. The predicted octanol–water partition coefficient (Wildman–Crippen LogP) is 1.27. The Kier molecular flexibility index (Phi) is 10.5. The largest absolute Gasteiger partial charge is 0.492 e. The number of carbonyl (C=O) groups excluding carboxylic acids is 5. The average Bonchev–Trinajstić information content (AvgIpc) is 3.74. The molecule has 2 aromatic carbocycles. The third-order valence-corrected chi connectivity index (χ3v) is 8.58. The van der Waals surface area contributed by atoms with Crippen LogP contribution in [0.2, 0.25) is 0 Å². The van der Waals surface area contributed by atoms with Gasteiger partial charge in [-0.25, -0.2) is 0 Å². The highest BCUT2D eigenvalue weighted by atomic mass is 16.5. The number of aryl methyl sites for hydroxylation is 1. The highest BCUT2D eigenvalue weighted by Crippen LogP contribution is 2.35. The van der Waals surface area contributed by atoms with Crippen molar-refractivity contribution in [2.24, 2.45) is 7.05 Å². The molecule has 1 aromatic heterocycles. The lowest BCUT2D eigenvalue weighted by atomic mass is 10.0. The Morgan fingerprint density at radius 3 is 2.35 bits per heavy atom. The van der Waals surface area contributed by atoms with Gasteiger partial charge in [-0.15, -0.1) is 0 Å². The molecule has 254 valence electrons. The number of hydrogen-bond acceptors (Lipinski definition) is 7. The minimum atomic E-state index is -1.06. The SMILES string of the molecule is CC(C)c1cc(C(=O)N[C@H]2Cc3ccc(cc3)OCCNC(=O)C3(CC3)NC(=O)[C@@H](Cc3ccccc3)NC(=O)[C@H](C)NC2=O)n(C)n1. The molecule has 3 heterocycles. The van der Waals surface area contributed by atoms with Gasteiger partial charge in [-0.05, 0) is 55.0 Å². The third kappa shape index (κ3) is 8.38. The first kappa shape index (κ1) is 34.1. The van der Waals surface area contributed by atoms with Crippen molar-refractivity contribution >= 4 is 29.5 Å². The molecule has 1 saturated carbocycles. The van der Waals surface area contributed by atoms with E-state index in [1.807, 2.05) is 44.2 Å². The fourth-order valence-electron chi connectivity index (χ4n) is 5.48. The lowest BCUT2D eigenvalue weighted by Gasteiger charge is -2.25. The van der Waals surface area contributed by atoms with E-state index in [4.69, 9.17) is 4.74 Å². The van der Waals surface area contributed by atoms with Crippen molar-refractivity contribution in [2.75, 3.05) is 13.2 Å². The van der Waals surface area contributed by atoms with Crippen molar-refractivity contribution in [1.82, 2.24) is 36.4 Å². The first-order valence-electron chi connectivity index (χ1n) is 16.3. The molecule has 3 aromatic rings. The summed E-state index contributed by atoms with van der Waals surface area (Å²) in [4.78, 5) is 67.2. The van der Waals surface area contributed by atoms with Gasteiger partial charge >= 0.3 is 0 Å².